The largest absolute Gasteiger partial charge is 0.465 e. The maximum absolute atomic E-state index is 12.4. The highest BCUT2D eigenvalue weighted by Crippen LogP contribution is 2.36. The Morgan fingerprint density at radius 2 is 1.48 bits per heavy atom. The summed E-state index contributed by atoms with van der Waals surface area (Å²) >= 11 is 0. The number of carbonyl (C=O) groups excluding carboxylic acids is 2. The lowest BCUT2D eigenvalue weighted by atomic mass is 9.89. The minimum Gasteiger partial charge on any atom is -0.465 e. The van der Waals surface area contributed by atoms with E-state index in [2.05, 4.69) is 0 Å². The zero-order chi connectivity index (χ0) is 17.1. The number of fused-ring (bicyclic) bond motifs is 1. The van der Waals surface area contributed by atoms with Crippen LogP contribution in [0, 0.1) is 0 Å². The van der Waals surface area contributed by atoms with Crippen LogP contribution in [0.1, 0.15) is 20.8 Å². The molecule has 0 unspecified atom stereocenters. The highest BCUT2D eigenvalue weighted by molar-refractivity contribution is 6.07. The molecule has 0 bridgehead atoms. The summed E-state index contributed by atoms with van der Waals surface area (Å²) in [4.78, 5) is 24.6. The van der Waals surface area contributed by atoms with Gasteiger partial charge in [-0.2, -0.15) is 0 Å². The van der Waals surface area contributed by atoms with Crippen molar-refractivity contribution in [2.75, 3.05) is 14.2 Å². The quantitative estimate of drug-likeness (QED) is 0.734. The molecular formula is C19H20O4. The predicted molar refractivity (Wildman–Crippen MR) is 88.5 cm³/mol. The van der Waals surface area contributed by atoms with Gasteiger partial charge < -0.3 is 9.47 Å². The van der Waals surface area contributed by atoms with Gasteiger partial charge in [-0.05, 0) is 43.6 Å². The van der Waals surface area contributed by atoms with Crippen molar-refractivity contribution < 1.29 is 19.1 Å². The Bertz CT molecular complexity index is 752. The topological polar surface area (TPSA) is 52.6 Å². The number of hydrogen-bond acceptors (Lipinski definition) is 4. The van der Waals surface area contributed by atoms with E-state index in [9.17, 15) is 9.59 Å². The molecule has 4 nitrogen and oxygen atoms in total. The normalized spacial score (nSPS) is 17.5. The van der Waals surface area contributed by atoms with Crippen LogP contribution < -0.4 is 0 Å². The van der Waals surface area contributed by atoms with Crippen LogP contribution in [0.5, 0.6) is 0 Å². The fourth-order valence-corrected chi connectivity index (χ4v) is 2.74. The second-order valence-corrected chi connectivity index (χ2v) is 5.48. The van der Waals surface area contributed by atoms with Gasteiger partial charge in [0.2, 0.25) is 0 Å². The summed E-state index contributed by atoms with van der Waals surface area (Å²) < 4.78 is 9.77. The van der Waals surface area contributed by atoms with E-state index < -0.39 is 11.9 Å². The Labute approximate surface area is 136 Å². The van der Waals surface area contributed by atoms with Gasteiger partial charge in [-0.1, -0.05) is 29.9 Å². The molecule has 23 heavy (non-hydrogen) atoms. The molecule has 0 heterocycles. The maximum atomic E-state index is 12.4. The molecule has 120 valence electrons. The fraction of sp³-hybridized carbons (Fsp3) is 0.263. The lowest BCUT2D eigenvalue weighted by molar-refractivity contribution is -0.138. The van der Waals surface area contributed by atoms with E-state index in [1.807, 2.05) is 45.1 Å². The van der Waals surface area contributed by atoms with Gasteiger partial charge in [0.15, 0.2) is 0 Å². The van der Waals surface area contributed by atoms with E-state index in [0.29, 0.717) is 5.57 Å². The zero-order valence-corrected chi connectivity index (χ0v) is 14.0. The van der Waals surface area contributed by atoms with Gasteiger partial charge in [-0.25, -0.2) is 9.59 Å². The molecule has 2 aliphatic carbocycles. The Balaban J connectivity index is 2.89. The van der Waals surface area contributed by atoms with Crippen molar-refractivity contribution >= 4 is 11.9 Å². The lowest BCUT2D eigenvalue weighted by Gasteiger charge is -2.15. The molecule has 0 saturated carbocycles. The molecule has 0 N–H and O–H groups in total. The third-order valence-electron chi connectivity index (χ3n) is 3.86. The molecule has 0 aromatic carbocycles. The van der Waals surface area contributed by atoms with Gasteiger partial charge in [0.1, 0.15) is 0 Å². The van der Waals surface area contributed by atoms with Gasteiger partial charge in [0, 0.05) is 5.57 Å². The predicted octanol–water partition coefficient (Wildman–Crippen LogP) is 3.35. The van der Waals surface area contributed by atoms with Crippen LogP contribution >= 0.6 is 0 Å². The summed E-state index contributed by atoms with van der Waals surface area (Å²) in [5, 5.41) is 0. The first-order valence-corrected chi connectivity index (χ1v) is 7.28. The molecule has 0 aromatic rings. The number of methoxy groups -OCH3 is 2. The van der Waals surface area contributed by atoms with Crippen LogP contribution in [-0.2, 0) is 19.1 Å². The smallest absolute Gasteiger partial charge is 0.339 e. The highest BCUT2D eigenvalue weighted by Gasteiger charge is 2.29. The van der Waals surface area contributed by atoms with E-state index >= 15 is 0 Å². The molecule has 0 saturated heterocycles. The van der Waals surface area contributed by atoms with Gasteiger partial charge in [0.05, 0.1) is 25.4 Å². The second kappa shape index (κ2) is 6.65. The number of ether oxygens (including phenoxy) is 2. The molecule has 0 spiro atoms. The van der Waals surface area contributed by atoms with Crippen molar-refractivity contribution in [2.24, 2.45) is 0 Å². The van der Waals surface area contributed by atoms with Crippen LogP contribution in [0.4, 0.5) is 0 Å². The molecule has 0 aliphatic heterocycles. The summed E-state index contributed by atoms with van der Waals surface area (Å²) in [6.07, 6.45) is 9.35. The Morgan fingerprint density at radius 1 is 0.826 bits per heavy atom. The van der Waals surface area contributed by atoms with Crippen LogP contribution in [0.3, 0.4) is 0 Å². The van der Waals surface area contributed by atoms with Crippen LogP contribution in [0.15, 0.2) is 69.4 Å². The van der Waals surface area contributed by atoms with Crippen molar-refractivity contribution in [1.29, 1.82) is 0 Å². The molecule has 0 fully saturated rings. The number of carbonyl (C=O) groups is 2. The first-order valence-electron chi connectivity index (χ1n) is 7.28. The van der Waals surface area contributed by atoms with Gasteiger partial charge in [-0.15, -0.1) is 0 Å². The summed E-state index contributed by atoms with van der Waals surface area (Å²) in [6.45, 7) is 5.85. The van der Waals surface area contributed by atoms with E-state index in [1.165, 1.54) is 14.2 Å². The SMILES string of the molecule is COC(=O)C1=C(C(=O)OC)C2=C(C)C=C(C)C=CC2=C(C)C=C1. The summed E-state index contributed by atoms with van der Waals surface area (Å²) in [6, 6.07) is 0. The first-order chi connectivity index (χ1) is 10.9. The van der Waals surface area contributed by atoms with Crippen molar-refractivity contribution in [3.05, 3.63) is 69.4 Å². The van der Waals surface area contributed by atoms with E-state index in [1.54, 1.807) is 6.08 Å². The van der Waals surface area contributed by atoms with Gasteiger partial charge in [0.25, 0.3) is 0 Å². The Kier molecular flexibility index (Phi) is 4.84. The molecule has 0 atom stereocenters. The third kappa shape index (κ3) is 3.11. The zero-order valence-electron chi connectivity index (χ0n) is 14.0. The molecule has 2 aliphatic rings. The average Bonchev–Trinajstić information content (AvgIpc) is 2.77. The van der Waals surface area contributed by atoms with Gasteiger partial charge >= 0.3 is 11.9 Å². The summed E-state index contributed by atoms with van der Waals surface area (Å²) in [5.74, 6) is -1.12. The molecule has 0 radical (unpaired) electrons. The van der Waals surface area contributed by atoms with Crippen molar-refractivity contribution in [3.8, 4) is 0 Å². The van der Waals surface area contributed by atoms with Crippen LogP contribution in [0.25, 0.3) is 0 Å². The number of allylic oxidation sites excluding steroid dienone is 8. The van der Waals surface area contributed by atoms with E-state index in [4.69, 9.17) is 9.47 Å². The molecular weight excluding hydrogens is 292 g/mol. The van der Waals surface area contributed by atoms with E-state index in [-0.39, 0.29) is 11.1 Å². The maximum Gasteiger partial charge on any atom is 0.339 e. The fourth-order valence-electron chi connectivity index (χ4n) is 2.74. The number of esters is 2. The lowest BCUT2D eigenvalue weighted by Crippen LogP contribution is -2.16. The van der Waals surface area contributed by atoms with Gasteiger partial charge in [-0.3, -0.25) is 0 Å². The molecule has 4 heteroatoms. The molecule has 0 amide bonds. The van der Waals surface area contributed by atoms with Crippen molar-refractivity contribution in [3.63, 3.8) is 0 Å². The average molecular weight is 312 g/mol. The summed E-state index contributed by atoms with van der Waals surface area (Å²) in [7, 11) is 2.60. The molecule has 2 rings (SSSR count). The first kappa shape index (κ1) is 16.7. The standard InChI is InChI=1S/C19H20O4/c1-11-6-8-14-12(2)7-9-15(18(20)22-4)17(19(21)23-5)16(14)13(3)10-11/h6-10H,1-5H3. The minimum atomic E-state index is -0.565. The Morgan fingerprint density at radius 3 is 2.09 bits per heavy atom. The van der Waals surface area contributed by atoms with Crippen LogP contribution in [-0.4, -0.2) is 26.2 Å². The monoisotopic (exact) mass is 312 g/mol. The number of rotatable bonds is 2. The van der Waals surface area contributed by atoms with Crippen molar-refractivity contribution in [1.82, 2.24) is 0 Å². The molecule has 0 aromatic heterocycles. The third-order valence-corrected chi connectivity index (χ3v) is 3.86. The second-order valence-electron chi connectivity index (χ2n) is 5.48. The highest BCUT2D eigenvalue weighted by atomic mass is 16.5. The Hall–Kier alpha value is -2.62. The number of hydrogen-bond donors (Lipinski definition) is 0. The summed E-state index contributed by atoms with van der Waals surface area (Å²) in [5.41, 5.74) is 4.95. The minimum absolute atomic E-state index is 0.199. The van der Waals surface area contributed by atoms with Crippen LogP contribution in [0.2, 0.25) is 0 Å². The van der Waals surface area contributed by atoms with Crippen molar-refractivity contribution in [2.45, 2.75) is 20.8 Å². The van der Waals surface area contributed by atoms with E-state index in [0.717, 1.165) is 22.3 Å².